The lowest BCUT2D eigenvalue weighted by Crippen LogP contribution is -2.24. The van der Waals surface area contributed by atoms with Crippen LogP contribution in [0.4, 0.5) is 5.69 Å². The number of allylic oxidation sites excluding steroid dienone is 1. The summed E-state index contributed by atoms with van der Waals surface area (Å²) in [6.07, 6.45) is 2.61. The lowest BCUT2D eigenvalue weighted by Gasteiger charge is -2.18. The molecule has 0 N–H and O–H groups in total. The largest absolute Gasteiger partial charge is 0.465 e. The van der Waals surface area contributed by atoms with Gasteiger partial charge in [-0.05, 0) is 54.8 Å². The van der Waals surface area contributed by atoms with Crippen LogP contribution in [-0.2, 0) is 25.5 Å². The molecule has 1 aliphatic rings. The predicted octanol–water partition coefficient (Wildman–Crippen LogP) is 3.91. The maximum Gasteiger partial charge on any atom is 0.340 e. The smallest absolute Gasteiger partial charge is 0.340 e. The molecule has 0 unspecified atom stereocenters. The Kier molecular flexibility index (Phi) is 6.16. The Morgan fingerprint density at radius 1 is 0.933 bits per heavy atom. The van der Waals surface area contributed by atoms with Crippen molar-refractivity contribution in [1.82, 2.24) is 0 Å². The summed E-state index contributed by atoms with van der Waals surface area (Å²) in [5.41, 5.74) is 3.86. The molecule has 2 aromatic rings. The summed E-state index contributed by atoms with van der Waals surface area (Å²) >= 11 is 0. The van der Waals surface area contributed by atoms with Gasteiger partial charge in [-0.3, -0.25) is 9.69 Å². The number of amides is 1. The van der Waals surface area contributed by atoms with E-state index in [2.05, 4.69) is 6.92 Å². The number of hydrogen-bond donors (Lipinski definition) is 0. The van der Waals surface area contributed by atoms with Gasteiger partial charge in [0.25, 0.3) is 5.91 Å². The molecule has 154 valence electrons. The van der Waals surface area contributed by atoms with Crippen LogP contribution in [0.1, 0.15) is 35.3 Å². The minimum atomic E-state index is -0.578. The fraction of sp³-hybridized carbons (Fsp3) is 0.208. The number of anilines is 1. The Labute approximate surface area is 175 Å². The third kappa shape index (κ3) is 3.89. The van der Waals surface area contributed by atoms with E-state index in [-0.39, 0.29) is 17.1 Å². The Balaban J connectivity index is 2.05. The zero-order chi connectivity index (χ0) is 21.8. The molecule has 0 bridgehead atoms. The summed E-state index contributed by atoms with van der Waals surface area (Å²) in [6.45, 7) is 3.76. The molecule has 0 atom stereocenters. The molecular formula is C24H23NO5. The summed E-state index contributed by atoms with van der Waals surface area (Å²) in [4.78, 5) is 38.9. The third-order valence-electron chi connectivity index (χ3n) is 5.04. The van der Waals surface area contributed by atoms with Crippen molar-refractivity contribution in [3.8, 4) is 0 Å². The van der Waals surface area contributed by atoms with Gasteiger partial charge in [-0.2, -0.15) is 0 Å². The zero-order valence-electron chi connectivity index (χ0n) is 17.4. The quantitative estimate of drug-likeness (QED) is 0.557. The number of benzene rings is 2. The number of esters is 2. The van der Waals surface area contributed by atoms with Crippen molar-refractivity contribution in [2.45, 2.75) is 20.3 Å². The van der Waals surface area contributed by atoms with E-state index in [9.17, 15) is 14.4 Å². The number of aryl methyl sites for hydroxylation is 1. The van der Waals surface area contributed by atoms with E-state index in [1.807, 2.05) is 24.3 Å². The summed E-state index contributed by atoms with van der Waals surface area (Å²) < 4.78 is 9.64. The molecule has 1 amide bonds. The lowest BCUT2D eigenvalue weighted by atomic mass is 10.0. The summed E-state index contributed by atoms with van der Waals surface area (Å²) in [5.74, 6) is -1.38. The van der Waals surface area contributed by atoms with Crippen LogP contribution in [0.5, 0.6) is 0 Å². The lowest BCUT2D eigenvalue weighted by molar-refractivity contribution is -0.136. The summed E-state index contributed by atoms with van der Waals surface area (Å²) in [5, 5.41) is 0. The van der Waals surface area contributed by atoms with E-state index < -0.39 is 11.9 Å². The van der Waals surface area contributed by atoms with Crippen LogP contribution in [0.2, 0.25) is 0 Å². The van der Waals surface area contributed by atoms with Crippen LogP contribution < -0.4 is 4.90 Å². The van der Waals surface area contributed by atoms with E-state index >= 15 is 0 Å². The maximum absolute atomic E-state index is 13.3. The Morgan fingerprint density at radius 3 is 2.07 bits per heavy atom. The highest BCUT2D eigenvalue weighted by molar-refractivity contribution is 6.23. The highest BCUT2D eigenvalue weighted by atomic mass is 16.5. The van der Waals surface area contributed by atoms with Crippen molar-refractivity contribution in [3.63, 3.8) is 0 Å². The van der Waals surface area contributed by atoms with Crippen molar-refractivity contribution in [3.05, 3.63) is 82.1 Å². The van der Waals surface area contributed by atoms with Crippen molar-refractivity contribution in [2.75, 3.05) is 19.1 Å². The SMILES string of the molecule is CCc1ccc(/C=C2\C(=O)N(c3ccc(C(=O)OC)cc3)C(C)=C2C(=O)OC)cc1. The number of ether oxygens (including phenoxy) is 2. The van der Waals surface area contributed by atoms with Crippen molar-refractivity contribution in [2.24, 2.45) is 0 Å². The number of carbonyl (C=O) groups is 3. The third-order valence-corrected chi connectivity index (χ3v) is 5.04. The monoisotopic (exact) mass is 405 g/mol. The first-order valence-corrected chi connectivity index (χ1v) is 9.54. The van der Waals surface area contributed by atoms with Crippen molar-refractivity contribution >= 4 is 29.6 Å². The normalized spacial score (nSPS) is 15.0. The number of rotatable bonds is 5. The topological polar surface area (TPSA) is 72.9 Å². The molecule has 0 radical (unpaired) electrons. The molecule has 2 aromatic carbocycles. The molecule has 3 rings (SSSR count). The Hall–Kier alpha value is -3.67. The van der Waals surface area contributed by atoms with Crippen LogP contribution in [0.3, 0.4) is 0 Å². The average Bonchev–Trinajstić information content (AvgIpc) is 3.02. The van der Waals surface area contributed by atoms with Crippen LogP contribution in [0.25, 0.3) is 6.08 Å². The first-order chi connectivity index (χ1) is 14.4. The second-order valence-electron chi connectivity index (χ2n) is 6.78. The fourth-order valence-electron chi connectivity index (χ4n) is 3.37. The minimum absolute atomic E-state index is 0.221. The molecule has 0 saturated heterocycles. The molecule has 0 saturated carbocycles. The Bertz CT molecular complexity index is 1050. The Morgan fingerprint density at radius 2 is 1.53 bits per heavy atom. The second kappa shape index (κ2) is 8.78. The van der Waals surface area contributed by atoms with Gasteiger partial charge >= 0.3 is 11.9 Å². The molecule has 0 aliphatic carbocycles. The predicted molar refractivity (Wildman–Crippen MR) is 114 cm³/mol. The zero-order valence-corrected chi connectivity index (χ0v) is 17.4. The van der Waals surface area contributed by atoms with E-state index in [1.165, 1.54) is 24.7 Å². The number of methoxy groups -OCH3 is 2. The van der Waals surface area contributed by atoms with Crippen LogP contribution in [0.15, 0.2) is 65.4 Å². The van der Waals surface area contributed by atoms with Gasteiger partial charge in [0.2, 0.25) is 0 Å². The molecule has 0 fully saturated rings. The summed E-state index contributed by atoms with van der Waals surface area (Å²) in [7, 11) is 2.59. The van der Waals surface area contributed by atoms with Crippen LogP contribution in [0, 0.1) is 0 Å². The first kappa shape index (κ1) is 21.0. The number of nitrogens with zero attached hydrogens (tertiary/aromatic N) is 1. The van der Waals surface area contributed by atoms with E-state index in [1.54, 1.807) is 37.3 Å². The number of hydrogen-bond acceptors (Lipinski definition) is 5. The van der Waals surface area contributed by atoms with E-state index in [0.29, 0.717) is 16.9 Å². The molecular weight excluding hydrogens is 382 g/mol. The van der Waals surface area contributed by atoms with Gasteiger partial charge in [0, 0.05) is 11.4 Å². The molecule has 1 aliphatic heterocycles. The van der Waals surface area contributed by atoms with Crippen LogP contribution >= 0.6 is 0 Å². The standard InChI is InChI=1S/C24H23NO5/c1-5-16-6-8-17(9-7-16)14-20-21(24(28)30-4)15(2)25(22(20)26)19-12-10-18(11-13-19)23(27)29-3/h6-14H,5H2,1-4H3/b20-14-. The first-order valence-electron chi connectivity index (χ1n) is 9.54. The van der Waals surface area contributed by atoms with Crippen LogP contribution in [-0.4, -0.2) is 32.1 Å². The molecule has 6 nitrogen and oxygen atoms in total. The van der Waals surface area contributed by atoms with Gasteiger partial charge in [0.05, 0.1) is 30.9 Å². The van der Waals surface area contributed by atoms with E-state index in [4.69, 9.17) is 9.47 Å². The maximum atomic E-state index is 13.3. The molecule has 30 heavy (non-hydrogen) atoms. The molecule has 1 heterocycles. The van der Waals surface area contributed by atoms with Crippen molar-refractivity contribution < 1.29 is 23.9 Å². The average molecular weight is 405 g/mol. The summed E-state index contributed by atoms with van der Waals surface area (Å²) in [6, 6.07) is 14.2. The minimum Gasteiger partial charge on any atom is -0.465 e. The van der Waals surface area contributed by atoms with Gasteiger partial charge in [-0.1, -0.05) is 31.2 Å². The van der Waals surface area contributed by atoms with Gasteiger partial charge in [0.1, 0.15) is 0 Å². The fourth-order valence-corrected chi connectivity index (χ4v) is 3.37. The molecule has 0 spiro atoms. The van der Waals surface area contributed by atoms with E-state index in [0.717, 1.165) is 12.0 Å². The van der Waals surface area contributed by atoms with Gasteiger partial charge < -0.3 is 9.47 Å². The van der Waals surface area contributed by atoms with Crippen molar-refractivity contribution in [1.29, 1.82) is 0 Å². The van der Waals surface area contributed by atoms with Gasteiger partial charge in [-0.25, -0.2) is 9.59 Å². The highest BCUT2D eigenvalue weighted by Gasteiger charge is 2.37. The number of carbonyl (C=O) groups excluding carboxylic acids is 3. The second-order valence-corrected chi connectivity index (χ2v) is 6.78. The van der Waals surface area contributed by atoms with Gasteiger partial charge in [0.15, 0.2) is 0 Å². The molecule has 6 heteroatoms. The molecule has 0 aromatic heterocycles. The highest BCUT2D eigenvalue weighted by Crippen LogP contribution is 2.35. The van der Waals surface area contributed by atoms with Gasteiger partial charge in [-0.15, -0.1) is 0 Å².